The van der Waals surface area contributed by atoms with Crippen molar-refractivity contribution in [1.29, 1.82) is 0 Å². The molecule has 3 aromatic rings. The first kappa shape index (κ1) is 16.1. The Kier molecular flexibility index (Phi) is 4.02. The van der Waals surface area contributed by atoms with Crippen LogP contribution in [0.5, 0.6) is 11.5 Å². The maximum Gasteiger partial charge on any atom is 0.343 e. The Morgan fingerprint density at radius 2 is 1.54 bits per heavy atom. The maximum absolute atomic E-state index is 12.3. The third kappa shape index (κ3) is 3.40. The molecule has 0 amide bonds. The Hall–Kier alpha value is -2.81. The smallest absolute Gasteiger partial charge is 0.343 e. The lowest BCUT2D eigenvalue weighted by Crippen LogP contribution is -2.12. The van der Waals surface area contributed by atoms with E-state index in [0.29, 0.717) is 11.3 Å². The van der Waals surface area contributed by atoms with Crippen LogP contribution in [0.2, 0.25) is 0 Å². The fourth-order valence-electron chi connectivity index (χ4n) is 2.55. The highest BCUT2D eigenvalue weighted by Gasteiger charge is 2.15. The zero-order valence-corrected chi connectivity index (χ0v) is 14.0. The molecule has 0 aliphatic heterocycles. The first-order valence-electron chi connectivity index (χ1n) is 7.88. The van der Waals surface area contributed by atoms with Crippen molar-refractivity contribution in [2.45, 2.75) is 26.2 Å². The Morgan fingerprint density at radius 1 is 0.875 bits per heavy atom. The third-order valence-electron chi connectivity index (χ3n) is 3.99. The summed E-state index contributed by atoms with van der Waals surface area (Å²) < 4.78 is 5.45. The maximum atomic E-state index is 12.3. The molecule has 3 rings (SSSR count). The lowest BCUT2D eigenvalue weighted by atomic mass is 9.87. The molecule has 0 aliphatic carbocycles. The number of aromatic hydroxyl groups is 1. The topological polar surface area (TPSA) is 46.5 Å². The molecule has 3 nitrogen and oxygen atoms in total. The molecule has 3 heteroatoms. The number of phenolic OH excluding ortho intramolecular Hbond substituents is 1. The van der Waals surface area contributed by atoms with Crippen LogP contribution >= 0.6 is 0 Å². The summed E-state index contributed by atoms with van der Waals surface area (Å²) in [6.45, 7) is 6.39. The van der Waals surface area contributed by atoms with Crippen LogP contribution in [0.25, 0.3) is 10.8 Å². The van der Waals surface area contributed by atoms with Crippen LogP contribution in [0.1, 0.15) is 36.7 Å². The second-order valence-electron chi connectivity index (χ2n) is 6.91. The molecule has 0 saturated heterocycles. The summed E-state index contributed by atoms with van der Waals surface area (Å²) in [5.41, 5.74) is 1.72. The molecule has 0 spiro atoms. The van der Waals surface area contributed by atoms with Gasteiger partial charge < -0.3 is 9.84 Å². The van der Waals surface area contributed by atoms with Gasteiger partial charge in [-0.2, -0.15) is 0 Å². The Labute approximate surface area is 141 Å². The van der Waals surface area contributed by atoms with Crippen LogP contribution in [0.4, 0.5) is 0 Å². The van der Waals surface area contributed by atoms with E-state index in [4.69, 9.17) is 4.74 Å². The van der Waals surface area contributed by atoms with E-state index in [1.54, 1.807) is 36.4 Å². The summed E-state index contributed by atoms with van der Waals surface area (Å²) >= 11 is 0. The van der Waals surface area contributed by atoms with E-state index in [1.807, 2.05) is 24.3 Å². The highest BCUT2D eigenvalue weighted by atomic mass is 16.5. The fraction of sp³-hybridized carbons (Fsp3) is 0.190. The van der Waals surface area contributed by atoms with E-state index in [9.17, 15) is 9.90 Å². The van der Waals surface area contributed by atoms with E-state index >= 15 is 0 Å². The highest BCUT2D eigenvalue weighted by Crippen LogP contribution is 2.26. The summed E-state index contributed by atoms with van der Waals surface area (Å²) in [5.74, 6) is 0.247. The van der Waals surface area contributed by atoms with Gasteiger partial charge in [-0.25, -0.2) is 4.79 Å². The summed E-state index contributed by atoms with van der Waals surface area (Å²) in [6, 6.07) is 17.9. The number of ether oxygens (including phenoxy) is 1. The Balaban J connectivity index is 1.81. The Morgan fingerprint density at radius 3 is 2.21 bits per heavy atom. The minimum atomic E-state index is -0.394. The van der Waals surface area contributed by atoms with Gasteiger partial charge in [-0.1, -0.05) is 45.0 Å². The van der Waals surface area contributed by atoms with Gasteiger partial charge in [-0.05, 0) is 58.1 Å². The number of hydrogen-bond donors (Lipinski definition) is 1. The van der Waals surface area contributed by atoms with Gasteiger partial charge >= 0.3 is 5.97 Å². The van der Waals surface area contributed by atoms with Crippen LogP contribution in [0, 0.1) is 0 Å². The van der Waals surface area contributed by atoms with Crippen LogP contribution < -0.4 is 4.74 Å². The molecule has 0 bridgehead atoms. The summed E-state index contributed by atoms with van der Waals surface area (Å²) in [7, 11) is 0. The van der Waals surface area contributed by atoms with Crippen molar-refractivity contribution in [2.24, 2.45) is 0 Å². The van der Waals surface area contributed by atoms with Crippen molar-refractivity contribution in [3.05, 3.63) is 71.8 Å². The van der Waals surface area contributed by atoms with Crippen LogP contribution in [-0.4, -0.2) is 11.1 Å². The number of carbonyl (C=O) groups excluding carboxylic acids is 1. The van der Waals surface area contributed by atoms with Gasteiger partial charge in [-0.15, -0.1) is 0 Å². The molecule has 0 aliphatic rings. The lowest BCUT2D eigenvalue weighted by Gasteiger charge is -2.18. The molecule has 24 heavy (non-hydrogen) atoms. The van der Waals surface area contributed by atoms with Gasteiger partial charge in [0.05, 0.1) is 5.56 Å². The number of benzene rings is 3. The standard InChI is InChI=1S/C21H20O3/c1-21(2,3)17-8-4-15(5-9-17)20(23)24-19-11-7-14-6-10-18(22)12-16(14)13-19/h4-13,22H,1-3H3. The summed E-state index contributed by atoms with van der Waals surface area (Å²) in [4.78, 5) is 12.3. The second kappa shape index (κ2) is 6.00. The van der Waals surface area contributed by atoms with Crippen molar-refractivity contribution in [1.82, 2.24) is 0 Å². The summed E-state index contributed by atoms with van der Waals surface area (Å²) in [5, 5.41) is 11.4. The molecule has 0 saturated carbocycles. The molecule has 0 atom stereocenters. The predicted molar refractivity (Wildman–Crippen MR) is 95.7 cm³/mol. The number of carbonyl (C=O) groups is 1. The number of fused-ring (bicyclic) bond motifs is 1. The van der Waals surface area contributed by atoms with Crippen molar-refractivity contribution in [3.8, 4) is 11.5 Å². The fourth-order valence-corrected chi connectivity index (χ4v) is 2.55. The minimum absolute atomic E-state index is 0.0444. The molecule has 1 N–H and O–H groups in total. The second-order valence-corrected chi connectivity index (χ2v) is 6.91. The number of esters is 1. The first-order valence-corrected chi connectivity index (χ1v) is 7.88. The van der Waals surface area contributed by atoms with E-state index in [0.717, 1.165) is 10.8 Å². The molecule has 0 aromatic heterocycles. The number of rotatable bonds is 2. The highest BCUT2D eigenvalue weighted by molar-refractivity contribution is 5.92. The molecule has 122 valence electrons. The average molecular weight is 320 g/mol. The largest absolute Gasteiger partial charge is 0.508 e. The molecular formula is C21H20O3. The van der Waals surface area contributed by atoms with Crippen LogP contribution in [0.3, 0.4) is 0 Å². The van der Waals surface area contributed by atoms with Gasteiger partial charge in [0, 0.05) is 0 Å². The van der Waals surface area contributed by atoms with E-state index < -0.39 is 5.97 Å². The van der Waals surface area contributed by atoms with Gasteiger partial charge in [0.25, 0.3) is 0 Å². The predicted octanol–water partition coefficient (Wildman–Crippen LogP) is 5.06. The van der Waals surface area contributed by atoms with Crippen molar-refractivity contribution in [3.63, 3.8) is 0 Å². The molecule has 0 radical (unpaired) electrons. The first-order chi connectivity index (χ1) is 11.3. The van der Waals surface area contributed by atoms with Crippen LogP contribution in [0.15, 0.2) is 60.7 Å². The molecule has 3 aromatic carbocycles. The van der Waals surface area contributed by atoms with E-state index in [2.05, 4.69) is 20.8 Å². The van der Waals surface area contributed by atoms with Crippen molar-refractivity contribution < 1.29 is 14.6 Å². The van der Waals surface area contributed by atoms with Gasteiger partial charge in [-0.3, -0.25) is 0 Å². The van der Waals surface area contributed by atoms with Gasteiger partial charge in [0.1, 0.15) is 11.5 Å². The zero-order chi connectivity index (χ0) is 17.3. The third-order valence-corrected chi connectivity index (χ3v) is 3.99. The monoisotopic (exact) mass is 320 g/mol. The van der Waals surface area contributed by atoms with E-state index in [1.165, 1.54) is 5.56 Å². The van der Waals surface area contributed by atoms with Crippen molar-refractivity contribution >= 4 is 16.7 Å². The summed E-state index contributed by atoms with van der Waals surface area (Å²) in [6.07, 6.45) is 0. The molecule has 0 heterocycles. The number of hydrogen-bond acceptors (Lipinski definition) is 3. The number of phenols is 1. The average Bonchev–Trinajstić information content (AvgIpc) is 2.53. The normalized spacial score (nSPS) is 11.5. The zero-order valence-electron chi connectivity index (χ0n) is 14.0. The SMILES string of the molecule is CC(C)(C)c1ccc(C(=O)Oc2ccc3ccc(O)cc3c2)cc1. The van der Waals surface area contributed by atoms with Crippen molar-refractivity contribution in [2.75, 3.05) is 0 Å². The van der Waals surface area contributed by atoms with Gasteiger partial charge in [0.15, 0.2) is 0 Å². The van der Waals surface area contributed by atoms with E-state index in [-0.39, 0.29) is 11.2 Å². The molecular weight excluding hydrogens is 300 g/mol. The minimum Gasteiger partial charge on any atom is -0.508 e. The molecule has 0 unspecified atom stereocenters. The quantitative estimate of drug-likeness (QED) is 0.530. The van der Waals surface area contributed by atoms with Crippen LogP contribution in [-0.2, 0) is 5.41 Å². The lowest BCUT2D eigenvalue weighted by molar-refractivity contribution is 0.0735. The molecule has 0 fully saturated rings. The van der Waals surface area contributed by atoms with Gasteiger partial charge in [0.2, 0.25) is 0 Å². The Bertz CT molecular complexity index is 887.